The second-order valence-electron chi connectivity index (χ2n) is 5.82. The summed E-state index contributed by atoms with van der Waals surface area (Å²) >= 11 is 0. The highest BCUT2D eigenvalue weighted by atomic mass is 16.8. The Hall–Kier alpha value is -0.990. The second-order valence-corrected chi connectivity index (χ2v) is 5.82. The number of aliphatic carboxylic acids is 1. The number of allylic oxidation sites excluding steroid dienone is 2. The molecule has 4 atom stereocenters. The number of hydrogen-bond donors (Lipinski definition) is 4. The van der Waals surface area contributed by atoms with Gasteiger partial charge in [-0.2, -0.15) is 0 Å². The third-order valence-corrected chi connectivity index (χ3v) is 4.39. The second kappa shape index (κ2) is 7.52. The lowest BCUT2D eigenvalue weighted by molar-refractivity contribution is -0.394. The van der Waals surface area contributed by atoms with Gasteiger partial charge in [-0.15, -0.1) is 0 Å². The lowest BCUT2D eigenvalue weighted by Gasteiger charge is -2.39. The third-order valence-electron chi connectivity index (χ3n) is 4.39. The summed E-state index contributed by atoms with van der Waals surface area (Å²) in [5, 5.41) is 38.0. The van der Waals surface area contributed by atoms with Crippen molar-refractivity contribution in [2.45, 2.75) is 25.2 Å². The molecular weight excluding hydrogens is 292 g/mol. The molecule has 4 N–H and O–H groups in total. The molecule has 0 aromatic heterocycles. The number of carboxylic acid groups (broad SMARTS) is 1. The van der Waals surface area contributed by atoms with Gasteiger partial charge in [-0.05, 0) is 31.1 Å². The van der Waals surface area contributed by atoms with E-state index in [1.165, 1.54) is 0 Å². The van der Waals surface area contributed by atoms with Gasteiger partial charge < -0.3 is 29.9 Å². The highest BCUT2D eigenvalue weighted by Crippen LogP contribution is 2.52. The first-order valence-electron chi connectivity index (χ1n) is 7.66. The van der Waals surface area contributed by atoms with Crippen LogP contribution >= 0.6 is 0 Å². The normalized spacial score (nSPS) is 30.1. The van der Waals surface area contributed by atoms with Crippen molar-refractivity contribution >= 4 is 5.97 Å². The fourth-order valence-corrected chi connectivity index (χ4v) is 3.46. The summed E-state index contributed by atoms with van der Waals surface area (Å²) in [5.74, 6) is -4.68. The zero-order valence-electron chi connectivity index (χ0n) is 12.4. The Morgan fingerprint density at radius 3 is 2.14 bits per heavy atom. The fraction of sp³-hybridized carbons (Fsp3) is 0.800. The van der Waals surface area contributed by atoms with Gasteiger partial charge in [-0.3, -0.25) is 4.79 Å². The molecule has 0 saturated heterocycles. The summed E-state index contributed by atoms with van der Waals surface area (Å²) in [5.41, 5.74) is 0. The molecule has 4 unspecified atom stereocenters. The average Bonchev–Trinajstić information content (AvgIpc) is 3.08. The number of carbonyl (C=O) groups is 1. The van der Waals surface area contributed by atoms with Crippen LogP contribution in [-0.2, 0) is 14.3 Å². The molecule has 0 aliphatic heterocycles. The number of hydrogen-bond acceptors (Lipinski definition) is 6. The summed E-state index contributed by atoms with van der Waals surface area (Å²) in [4.78, 5) is 11.6. The van der Waals surface area contributed by atoms with E-state index in [0.717, 1.165) is 0 Å². The maximum absolute atomic E-state index is 11.6. The van der Waals surface area contributed by atoms with Gasteiger partial charge in [0.25, 0.3) is 5.97 Å². The maximum Gasteiger partial charge on any atom is 0.307 e. The molecule has 0 aromatic rings. The van der Waals surface area contributed by atoms with E-state index >= 15 is 0 Å². The van der Waals surface area contributed by atoms with Crippen LogP contribution in [-0.4, -0.2) is 58.8 Å². The SMILES string of the molecule is O=C(O)C1C2C=CC(C2)C1C(O)(OCCCO)OCCCO. The number of aliphatic hydroxyl groups is 3. The Balaban J connectivity index is 2.15. The van der Waals surface area contributed by atoms with Crippen molar-refractivity contribution in [3.8, 4) is 0 Å². The molecule has 2 bridgehead atoms. The molecule has 2 rings (SSSR count). The Bertz CT molecular complexity index is 399. The van der Waals surface area contributed by atoms with E-state index in [4.69, 9.17) is 19.7 Å². The van der Waals surface area contributed by atoms with Crippen LogP contribution < -0.4 is 0 Å². The summed E-state index contributed by atoms with van der Waals surface area (Å²) in [6.07, 6.45) is 5.09. The van der Waals surface area contributed by atoms with E-state index in [0.29, 0.717) is 19.3 Å². The van der Waals surface area contributed by atoms with Gasteiger partial charge in [0.2, 0.25) is 0 Å². The number of fused-ring (bicyclic) bond motifs is 2. The Labute approximate surface area is 129 Å². The minimum Gasteiger partial charge on any atom is -0.481 e. The largest absolute Gasteiger partial charge is 0.481 e. The van der Waals surface area contributed by atoms with E-state index in [1.54, 1.807) is 0 Å². The van der Waals surface area contributed by atoms with Crippen LogP contribution in [0.5, 0.6) is 0 Å². The zero-order chi connectivity index (χ0) is 16.2. The molecule has 0 radical (unpaired) electrons. The maximum atomic E-state index is 11.6. The first-order chi connectivity index (χ1) is 10.5. The standard InChI is InChI=1S/C15H24O7/c16-5-1-7-21-15(20,22-8-2-6-17)13-11-4-3-10(9-11)12(13)14(18)19/h3-4,10-13,16-17,20H,1-2,5-9H2,(H,18,19). The van der Waals surface area contributed by atoms with Crippen molar-refractivity contribution in [3.63, 3.8) is 0 Å². The van der Waals surface area contributed by atoms with Crippen LogP contribution in [0.1, 0.15) is 19.3 Å². The number of rotatable bonds is 10. The molecule has 2 aliphatic rings. The predicted molar refractivity (Wildman–Crippen MR) is 75.6 cm³/mol. The summed E-state index contributed by atoms with van der Waals surface area (Å²) in [6, 6.07) is 0. The van der Waals surface area contributed by atoms with Crippen LogP contribution in [0.4, 0.5) is 0 Å². The van der Waals surface area contributed by atoms with E-state index in [2.05, 4.69) is 0 Å². The molecule has 7 nitrogen and oxygen atoms in total. The molecule has 22 heavy (non-hydrogen) atoms. The quantitative estimate of drug-likeness (QED) is 0.254. The van der Waals surface area contributed by atoms with Gasteiger partial charge in [-0.25, -0.2) is 0 Å². The molecule has 1 fully saturated rings. The van der Waals surface area contributed by atoms with E-state index < -0.39 is 23.8 Å². The Kier molecular flexibility index (Phi) is 5.94. The zero-order valence-corrected chi connectivity index (χ0v) is 12.4. The van der Waals surface area contributed by atoms with Gasteiger partial charge in [0.1, 0.15) is 0 Å². The van der Waals surface area contributed by atoms with Crippen molar-refractivity contribution in [2.75, 3.05) is 26.4 Å². The summed E-state index contributed by atoms with van der Waals surface area (Å²) in [6.45, 7) is -0.0520. The molecule has 1 saturated carbocycles. The monoisotopic (exact) mass is 316 g/mol. The van der Waals surface area contributed by atoms with Crippen LogP contribution in [0.25, 0.3) is 0 Å². The van der Waals surface area contributed by atoms with Crippen LogP contribution in [0.15, 0.2) is 12.2 Å². The van der Waals surface area contributed by atoms with Gasteiger partial charge >= 0.3 is 5.97 Å². The van der Waals surface area contributed by atoms with Gasteiger partial charge in [0.05, 0.1) is 25.0 Å². The first-order valence-corrected chi connectivity index (χ1v) is 7.66. The minimum absolute atomic E-state index is 0.0655. The molecule has 0 spiro atoms. The lowest BCUT2D eigenvalue weighted by Crippen LogP contribution is -2.50. The molecule has 0 aromatic carbocycles. The molecule has 2 aliphatic carbocycles. The summed E-state index contributed by atoms with van der Waals surface area (Å²) in [7, 11) is 0. The highest BCUT2D eigenvalue weighted by Gasteiger charge is 2.58. The molecule has 0 heterocycles. The van der Waals surface area contributed by atoms with Crippen molar-refractivity contribution in [1.82, 2.24) is 0 Å². The van der Waals surface area contributed by atoms with E-state index in [9.17, 15) is 15.0 Å². The average molecular weight is 316 g/mol. The van der Waals surface area contributed by atoms with Crippen LogP contribution in [0, 0.1) is 23.7 Å². The number of carboxylic acids is 1. The first kappa shape index (κ1) is 17.4. The fourth-order valence-electron chi connectivity index (χ4n) is 3.46. The van der Waals surface area contributed by atoms with Crippen LogP contribution in [0.3, 0.4) is 0 Å². The topological polar surface area (TPSA) is 116 Å². The van der Waals surface area contributed by atoms with Crippen molar-refractivity contribution in [2.24, 2.45) is 23.7 Å². The van der Waals surface area contributed by atoms with Crippen molar-refractivity contribution in [1.29, 1.82) is 0 Å². The molecular formula is C15H24O7. The van der Waals surface area contributed by atoms with Crippen molar-refractivity contribution < 1.29 is 34.7 Å². The molecule has 126 valence electrons. The predicted octanol–water partition coefficient (Wildman–Crippen LogP) is -0.0466. The van der Waals surface area contributed by atoms with E-state index in [1.807, 2.05) is 12.2 Å². The number of ether oxygens (including phenoxy) is 2. The van der Waals surface area contributed by atoms with Gasteiger partial charge in [0.15, 0.2) is 0 Å². The van der Waals surface area contributed by atoms with Gasteiger partial charge in [-0.1, -0.05) is 12.2 Å². The molecule has 7 heteroatoms. The Morgan fingerprint density at radius 1 is 1.09 bits per heavy atom. The minimum atomic E-state index is -2.02. The Morgan fingerprint density at radius 2 is 1.64 bits per heavy atom. The lowest BCUT2D eigenvalue weighted by atomic mass is 9.81. The van der Waals surface area contributed by atoms with E-state index in [-0.39, 0.29) is 38.3 Å². The third kappa shape index (κ3) is 3.49. The number of aliphatic hydroxyl groups excluding tert-OH is 2. The summed E-state index contributed by atoms with van der Waals surface area (Å²) < 4.78 is 10.9. The smallest absolute Gasteiger partial charge is 0.307 e. The van der Waals surface area contributed by atoms with Crippen molar-refractivity contribution in [3.05, 3.63) is 12.2 Å². The van der Waals surface area contributed by atoms with Crippen LogP contribution in [0.2, 0.25) is 0 Å². The van der Waals surface area contributed by atoms with Gasteiger partial charge in [0, 0.05) is 13.2 Å². The molecule has 0 amide bonds. The highest BCUT2D eigenvalue weighted by molar-refractivity contribution is 5.72.